The van der Waals surface area contributed by atoms with E-state index in [1.54, 1.807) is 16.9 Å². The van der Waals surface area contributed by atoms with Crippen LogP contribution in [0.3, 0.4) is 0 Å². The zero-order valence-electron chi connectivity index (χ0n) is 17.2. The number of hydrogen-bond acceptors (Lipinski definition) is 4. The molecule has 0 radical (unpaired) electrons. The van der Waals surface area contributed by atoms with Gasteiger partial charge in [-0.1, -0.05) is 30.3 Å². The Bertz CT molecular complexity index is 1200. The second kappa shape index (κ2) is 9.18. The van der Waals surface area contributed by atoms with Crippen LogP contribution < -0.4 is 10.1 Å². The lowest BCUT2D eigenvalue weighted by atomic mass is 10.2. The third-order valence-corrected chi connectivity index (χ3v) is 5.94. The summed E-state index contributed by atoms with van der Waals surface area (Å²) in [6, 6.07) is 18.9. The Morgan fingerprint density at radius 2 is 1.87 bits per heavy atom. The molecular weight excluding hydrogens is 458 g/mol. The number of nitrogens with zero attached hydrogens (tertiary/aromatic N) is 4. The fraction of sp³-hybridized carbons (Fsp3) is 0.174. The number of anilines is 1. The van der Waals surface area contributed by atoms with Crippen molar-refractivity contribution >= 4 is 27.5 Å². The van der Waals surface area contributed by atoms with Crippen molar-refractivity contribution in [1.82, 2.24) is 19.6 Å². The van der Waals surface area contributed by atoms with E-state index in [1.165, 1.54) is 0 Å². The zero-order chi connectivity index (χ0) is 21.8. The standard InChI is InChI=1S/C23H22BrN5O2/c1-16-22(24)17(2)29(26-16)14-18-7-6-8-19(13-18)25-23(30)21-11-12-28(27-21)15-31-20-9-4-3-5-10-20/h3-13H,14-15H2,1-2H3,(H,25,30). The van der Waals surface area contributed by atoms with Gasteiger partial charge in [0.05, 0.1) is 22.4 Å². The monoisotopic (exact) mass is 479 g/mol. The van der Waals surface area contributed by atoms with Crippen molar-refractivity contribution in [3.05, 3.63) is 94.0 Å². The molecule has 1 N–H and O–H groups in total. The first-order valence-corrected chi connectivity index (χ1v) is 10.6. The van der Waals surface area contributed by atoms with Gasteiger partial charge < -0.3 is 10.1 Å². The third kappa shape index (κ3) is 5.03. The summed E-state index contributed by atoms with van der Waals surface area (Å²) in [6.07, 6.45) is 1.72. The number of hydrogen-bond donors (Lipinski definition) is 1. The molecule has 0 saturated carbocycles. The first-order valence-electron chi connectivity index (χ1n) is 9.80. The summed E-state index contributed by atoms with van der Waals surface area (Å²) in [4.78, 5) is 12.6. The fourth-order valence-electron chi connectivity index (χ4n) is 3.16. The molecule has 0 unspecified atom stereocenters. The number of rotatable bonds is 7. The van der Waals surface area contributed by atoms with Crippen molar-refractivity contribution in [3.63, 3.8) is 0 Å². The largest absolute Gasteiger partial charge is 0.471 e. The molecule has 0 saturated heterocycles. The summed E-state index contributed by atoms with van der Waals surface area (Å²) in [6.45, 7) is 4.83. The van der Waals surface area contributed by atoms with E-state index in [1.807, 2.05) is 73.1 Å². The molecule has 0 aliphatic rings. The van der Waals surface area contributed by atoms with Crippen LogP contribution in [0, 0.1) is 13.8 Å². The Kier molecular flexibility index (Phi) is 6.18. The predicted octanol–water partition coefficient (Wildman–Crippen LogP) is 4.80. The Morgan fingerprint density at radius 3 is 2.61 bits per heavy atom. The van der Waals surface area contributed by atoms with E-state index in [2.05, 4.69) is 31.4 Å². The van der Waals surface area contributed by atoms with Crippen LogP contribution in [0.25, 0.3) is 0 Å². The summed E-state index contributed by atoms with van der Waals surface area (Å²) in [5.74, 6) is 0.472. The molecule has 2 aromatic heterocycles. The summed E-state index contributed by atoms with van der Waals surface area (Å²) < 4.78 is 10.2. The molecule has 0 spiro atoms. The van der Waals surface area contributed by atoms with Crippen LogP contribution in [0.2, 0.25) is 0 Å². The average Bonchev–Trinajstić information content (AvgIpc) is 3.34. The van der Waals surface area contributed by atoms with Gasteiger partial charge in [0, 0.05) is 11.9 Å². The van der Waals surface area contributed by atoms with Crippen LogP contribution in [-0.4, -0.2) is 25.5 Å². The Morgan fingerprint density at radius 1 is 1.06 bits per heavy atom. The second-order valence-corrected chi connectivity index (χ2v) is 7.92. The van der Waals surface area contributed by atoms with Gasteiger partial charge in [0.1, 0.15) is 5.75 Å². The SMILES string of the molecule is Cc1nn(Cc2cccc(NC(=O)c3ccn(COc4ccccc4)n3)c2)c(C)c1Br. The van der Waals surface area contributed by atoms with E-state index in [0.29, 0.717) is 17.9 Å². The van der Waals surface area contributed by atoms with Crippen molar-refractivity contribution in [2.75, 3.05) is 5.32 Å². The van der Waals surface area contributed by atoms with E-state index in [9.17, 15) is 4.79 Å². The number of benzene rings is 2. The maximum absolute atomic E-state index is 12.6. The van der Waals surface area contributed by atoms with E-state index in [-0.39, 0.29) is 12.6 Å². The summed E-state index contributed by atoms with van der Waals surface area (Å²) >= 11 is 3.55. The minimum absolute atomic E-state index is 0.227. The minimum atomic E-state index is -0.274. The van der Waals surface area contributed by atoms with Gasteiger partial charge in [-0.2, -0.15) is 10.2 Å². The highest BCUT2D eigenvalue weighted by atomic mass is 79.9. The van der Waals surface area contributed by atoms with Crippen LogP contribution >= 0.6 is 15.9 Å². The first-order chi connectivity index (χ1) is 15.0. The number of carbonyl (C=O) groups excluding carboxylic acids is 1. The number of ether oxygens (including phenoxy) is 1. The molecule has 2 heterocycles. The lowest BCUT2D eigenvalue weighted by molar-refractivity contribution is 0.102. The molecule has 31 heavy (non-hydrogen) atoms. The topological polar surface area (TPSA) is 74.0 Å². The van der Waals surface area contributed by atoms with Crippen LogP contribution in [0.15, 0.2) is 71.3 Å². The van der Waals surface area contributed by atoms with Gasteiger partial charge in [0.2, 0.25) is 0 Å². The number of carbonyl (C=O) groups is 1. The summed E-state index contributed by atoms with van der Waals surface area (Å²) in [7, 11) is 0. The molecule has 1 amide bonds. The molecule has 4 rings (SSSR count). The lowest BCUT2D eigenvalue weighted by Gasteiger charge is -2.08. The van der Waals surface area contributed by atoms with Crippen LogP contribution in [-0.2, 0) is 13.3 Å². The van der Waals surface area contributed by atoms with Gasteiger partial charge in [-0.3, -0.25) is 9.48 Å². The number of para-hydroxylation sites is 1. The smallest absolute Gasteiger partial charge is 0.276 e. The molecule has 2 aromatic carbocycles. The van der Waals surface area contributed by atoms with Crippen molar-refractivity contribution in [3.8, 4) is 5.75 Å². The van der Waals surface area contributed by atoms with Gasteiger partial charge in [-0.25, -0.2) is 4.68 Å². The van der Waals surface area contributed by atoms with Gasteiger partial charge in [0.15, 0.2) is 12.4 Å². The normalized spacial score (nSPS) is 10.8. The second-order valence-electron chi connectivity index (χ2n) is 7.12. The number of halogens is 1. The third-order valence-electron chi connectivity index (χ3n) is 4.79. The van der Waals surface area contributed by atoms with E-state index in [4.69, 9.17) is 4.74 Å². The maximum Gasteiger partial charge on any atom is 0.276 e. The molecule has 0 aliphatic heterocycles. The highest BCUT2D eigenvalue weighted by molar-refractivity contribution is 9.10. The van der Waals surface area contributed by atoms with Gasteiger partial charge in [-0.15, -0.1) is 0 Å². The fourth-order valence-corrected chi connectivity index (χ4v) is 3.44. The van der Waals surface area contributed by atoms with Crippen molar-refractivity contribution in [2.45, 2.75) is 27.1 Å². The molecule has 0 fully saturated rings. The molecular formula is C23H22BrN5O2. The van der Waals surface area contributed by atoms with Crippen LogP contribution in [0.5, 0.6) is 5.75 Å². The van der Waals surface area contributed by atoms with Gasteiger partial charge in [-0.05, 0) is 65.7 Å². The minimum Gasteiger partial charge on any atom is -0.471 e. The number of nitrogens with one attached hydrogen (secondary N) is 1. The first kappa shape index (κ1) is 20.9. The Labute approximate surface area is 188 Å². The molecule has 8 heteroatoms. The zero-order valence-corrected chi connectivity index (χ0v) is 18.8. The van der Waals surface area contributed by atoms with Crippen molar-refractivity contribution in [2.24, 2.45) is 0 Å². The highest BCUT2D eigenvalue weighted by Crippen LogP contribution is 2.21. The van der Waals surface area contributed by atoms with E-state index >= 15 is 0 Å². The van der Waals surface area contributed by atoms with Crippen LogP contribution in [0.1, 0.15) is 27.4 Å². The Hall–Kier alpha value is -3.39. The van der Waals surface area contributed by atoms with Gasteiger partial charge in [0.25, 0.3) is 5.91 Å². The molecule has 0 bridgehead atoms. The molecule has 0 atom stereocenters. The number of aromatic nitrogens is 4. The number of aryl methyl sites for hydroxylation is 1. The van der Waals surface area contributed by atoms with Crippen LogP contribution in [0.4, 0.5) is 5.69 Å². The van der Waals surface area contributed by atoms with E-state index < -0.39 is 0 Å². The summed E-state index contributed by atoms with van der Waals surface area (Å²) in [5, 5.41) is 11.7. The lowest BCUT2D eigenvalue weighted by Crippen LogP contribution is -2.14. The molecule has 7 nitrogen and oxygen atoms in total. The van der Waals surface area contributed by atoms with Crippen molar-refractivity contribution < 1.29 is 9.53 Å². The summed E-state index contributed by atoms with van der Waals surface area (Å²) in [5.41, 5.74) is 4.09. The van der Waals surface area contributed by atoms with Gasteiger partial charge >= 0.3 is 0 Å². The quantitative estimate of drug-likeness (QED) is 0.413. The molecule has 0 aliphatic carbocycles. The highest BCUT2D eigenvalue weighted by Gasteiger charge is 2.12. The molecule has 4 aromatic rings. The number of amides is 1. The van der Waals surface area contributed by atoms with Crippen molar-refractivity contribution in [1.29, 1.82) is 0 Å². The average molecular weight is 480 g/mol. The maximum atomic E-state index is 12.6. The Balaban J connectivity index is 1.39. The molecule has 158 valence electrons. The van der Waals surface area contributed by atoms with E-state index in [0.717, 1.165) is 27.2 Å². The predicted molar refractivity (Wildman–Crippen MR) is 122 cm³/mol.